The highest BCUT2D eigenvalue weighted by molar-refractivity contribution is 6.29. The van der Waals surface area contributed by atoms with Gasteiger partial charge in [-0.05, 0) is 36.5 Å². The number of hydrogen-bond acceptors (Lipinski definition) is 1. The molecule has 1 aliphatic rings. The van der Waals surface area contributed by atoms with Crippen LogP contribution < -0.4 is 5.32 Å². The Labute approximate surface area is 100 Å². The Hall–Kier alpha value is -0.860. The zero-order chi connectivity index (χ0) is 11.5. The lowest BCUT2D eigenvalue weighted by atomic mass is 10.0. The van der Waals surface area contributed by atoms with Gasteiger partial charge in [0, 0.05) is 17.6 Å². The van der Waals surface area contributed by atoms with E-state index in [0.717, 1.165) is 5.56 Å². The molecular weight excluding hydrogens is 225 g/mol. The minimum Gasteiger partial charge on any atom is -0.305 e. The number of halogens is 2. The van der Waals surface area contributed by atoms with Crippen LogP contribution in [0.5, 0.6) is 0 Å². The lowest BCUT2D eigenvalue weighted by Crippen LogP contribution is -2.24. The summed E-state index contributed by atoms with van der Waals surface area (Å²) in [5.74, 6) is 0.460. The van der Waals surface area contributed by atoms with Gasteiger partial charge in [0.05, 0.1) is 0 Å². The van der Waals surface area contributed by atoms with Crippen molar-refractivity contribution in [3.63, 3.8) is 0 Å². The molecule has 3 heteroatoms. The number of hydrogen-bond donors (Lipinski definition) is 1. The van der Waals surface area contributed by atoms with Crippen molar-refractivity contribution in [1.82, 2.24) is 5.32 Å². The summed E-state index contributed by atoms with van der Waals surface area (Å²) in [7, 11) is 0. The van der Waals surface area contributed by atoms with Crippen LogP contribution in [0.25, 0.3) is 0 Å². The lowest BCUT2D eigenvalue weighted by molar-refractivity contribution is 0.504. The van der Waals surface area contributed by atoms with Crippen LogP contribution in [0.4, 0.5) is 4.39 Å². The Balaban J connectivity index is 2.06. The molecule has 1 aromatic rings. The lowest BCUT2D eigenvalue weighted by Gasteiger charge is -2.18. The molecule has 0 saturated heterocycles. The summed E-state index contributed by atoms with van der Waals surface area (Å²) in [5, 5.41) is 3.97. The molecule has 1 unspecified atom stereocenters. The second kappa shape index (κ2) is 4.98. The Morgan fingerprint density at radius 2 is 2.06 bits per heavy atom. The van der Waals surface area contributed by atoms with Crippen LogP contribution in [0.15, 0.2) is 35.9 Å². The van der Waals surface area contributed by atoms with Crippen molar-refractivity contribution < 1.29 is 4.39 Å². The highest BCUT2D eigenvalue weighted by Crippen LogP contribution is 2.41. The van der Waals surface area contributed by atoms with E-state index in [2.05, 4.69) is 11.9 Å². The van der Waals surface area contributed by atoms with Gasteiger partial charge in [-0.2, -0.15) is 0 Å². The molecule has 0 aromatic heterocycles. The molecule has 1 aliphatic carbocycles. The SMILES string of the molecule is C=C(Cl)CNC(c1ccc(F)cc1)C1CC1. The maximum atomic E-state index is 12.8. The van der Waals surface area contributed by atoms with Crippen molar-refractivity contribution in [3.05, 3.63) is 47.3 Å². The molecule has 1 N–H and O–H groups in total. The van der Waals surface area contributed by atoms with E-state index in [-0.39, 0.29) is 11.9 Å². The first kappa shape index (κ1) is 11.6. The highest BCUT2D eigenvalue weighted by Gasteiger charge is 2.31. The largest absolute Gasteiger partial charge is 0.305 e. The predicted octanol–water partition coefficient (Wildman–Crippen LogP) is 3.62. The Bertz CT molecular complexity index is 370. The fraction of sp³-hybridized carbons (Fsp3) is 0.385. The fourth-order valence-electron chi connectivity index (χ4n) is 1.88. The van der Waals surface area contributed by atoms with Crippen molar-refractivity contribution in [2.75, 3.05) is 6.54 Å². The van der Waals surface area contributed by atoms with E-state index >= 15 is 0 Å². The molecule has 86 valence electrons. The van der Waals surface area contributed by atoms with Crippen LogP contribution in [0, 0.1) is 11.7 Å². The van der Waals surface area contributed by atoms with E-state index < -0.39 is 0 Å². The molecule has 0 aliphatic heterocycles. The van der Waals surface area contributed by atoms with Crippen LogP contribution in [-0.4, -0.2) is 6.54 Å². The minimum absolute atomic E-state index is 0.194. The summed E-state index contributed by atoms with van der Waals surface area (Å²) in [6.45, 7) is 4.25. The van der Waals surface area contributed by atoms with E-state index in [0.29, 0.717) is 17.5 Å². The standard InChI is InChI=1S/C13H15ClFN/c1-9(14)8-16-13(10-2-3-10)11-4-6-12(15)7-5-11/h4-7,10,13,16H,1-3,8H2. The normalized spacial score (nSPS) is 17.1. The van der Waals surface area contributed by atoms with Gasteiger partial charge >= 0.3 is 0 Å². The Kier molecular flexibility index (Phi) is 3.62. The highest BCUT2D eigenvalue weighted by atomic mass is 35.5. The topological polar surface area (TPSA) is 12.0 Å². The quantitative estimate of drug-likeness (QED) is 0.828. The van der Waals surface area contributed by atoms with Crippen LogP contribution in [-0.2, 0) is 0 Å². The monoisotopic (exact) mass is 239 g/mol. The van der Waals surface area contributed by atoms with Gasteiger partial charge in [0.15, 0.2) is 0 Å². The van der Waals surface area contributed by atoms with Crippen molar-refractivity contribution in [2.24, 2.45) is 5.92 Å². The van der Waals surface area contributed by atoms with Gasteiger partial charge < -0.3 is 5.32 Å². The van der Waals surface area contributed by atoms with Gasteiger partial charge in [0.1, 0.15) is 5.82 Å². The molecule has 2 rings (SSSR count). The first-order valence-corrected chi connectivity index (χ1v) is 5.87. The third-order valence-electron chi connectivity index (χ3n) is 2.84. The van der Waals surface area contributed by atoms with Gasteiger partial charge in [-0.15, -0.1) is 0 Å². The molecule has 0 heterocycles. The second-order valence-electron chi connectivity index (χ2n) is 4.26. The van der Waals surface area contributed by atoms with Crippen LogP contribution in [0.2, 0.25) is 0 Å². The molecule has 1 atom stereocenters. The van der Waals surface area contributed by atoms with Gasteiger partial charge in [0.2, 0.25) is 0 Å². The summed E-state index contributed by atoms with van der Waals surface area (Å²) >= 11 is 5.74. The van der Waals surface area contributed by atoms with Crippen molar-refractivity contribution in [1.29, 1.82) is 0 Å². The average molecular weight is 240 g/mol. The molecule has 1 fully saturated rings. The van der Waals surface area contributed by atoms with Crippen molar-refractivity contribution >= 4 is 11.6 Å². The molecule has 0 radical (unpaired) electrons. The van der Waals surface area contributed by atoms with Gasteiger partial charge in [0.25, 0.3) is 0 Å². The molecule has 16 heavy (non-hydrogen) atoms. The molecule has 1 aromatic carbocycles. The second-order valence-corrected chi connectivity index (χ2v) is 4.80. The van der Waals surface area contributed by atoms with Gasteiger partial charge in [-0.3, -0.25) is 0 Å². The molecule has 0 amide bonds. The number of rotatable bonds is 5. The summed E-state index contributed by atoms with van der Waals surface area (Å²) in [6.07, 6.45) is 2.45. The molecule has 1 saturated carbocycles. The zero-order valence-electron chi connectivity index (χ0n) is 9.05. The molecule has 0 spiro atoms. The predicted molar refractivity (Wildman–Crippen MR) is 64.9 cm³/mol. The van der Waals surface area contributed by atoms with Crippen LogP contribution in [0.3, 0.4) is 0 Å². The molecular formula is C13H15ClFN. The van der Waals surface area contributed by atoms with Gasteiger partial charge in [-0.1, -0.05) is 30.3 Å². The maximum absolute atomic E-state index is 12.8. The summed E-state index contributed by atoms with van der Waals surface area (Å²) in [5.41, 5.74) is 1.13. The number of nitrogens with one attached hydrogen (secondary N) is 1. The van der Waals surface area contributed by atoms with E-state index in [1.54, 1.807) is 0 Å². The van der Waals surface area contributed by atoms with E-state index in [1.165, 1.54) is 25.0 Å². The van der Waals surface area contributed by atoms with Crippen molar-refractivity contribution in [2.45, 2.75) is 18.9 Å². The first-order valence-electron chi connectivity index (χ1n) is 5.49. The molecule has 1 nitrogen and oxygen atoms in total. The first-order chi connectivity index (χ1) is 7.66. The van der Waals surface area contributed by atoms with E-state index in [1.807, 2.05) is 12.1 Å². The smallest absolute Gasteiger partial charge is 0.123 e. The zero-order valence-corrected chi connectivity index (χ0v) is 9.80. The summed E-state index contributed by atoms with van der Waals surface area (Å²) in [6, 6.07) is 6.95. The third-order valence-corrected chi connectivity index (χ3v) is 2.97. The van der Waals surface area contributed by atoms with Crippen LogP contribution >= 0.6 is 11.6 Å². The van der Waals surface area contributed by atoms with Gasteiger partial charge in [-0.25, -0.2) is 4.39 Å². The Morgan fingerprint density at radius 1 is 1.44 bits per heavy atom. The van der Waals surface area contributed by atoms with Crippen LogP contribution in [0.1, 0.15) is 24.4 Å². The minimum atomic E-state index is -0.194. The van der Waals surface area contributed by atoms with E-state index in [4.69, 9.17) is 11.6 Å². The van der Waals surface area contributed by atoms with E-state index in [9.17, 15) is 4.39 Å². The number of benzene rings is 1. The summed E-state index contributed by atoms with van der Waals surface area (Å²) < 4.78 is 12.8. The van der Waals surface area contributed by atoms with Crippen molar-refractivity contribution in [3.8, 4) is 0 Å². The third kappa shape index (κ3) is 3.06. The summed E-state index contributed by atoms with van der Waals surface area (Å²) in [4.78, 5) is 0. The fourth-order valence-corrected chi connectivity index (χ4v) is 1.95. The maximum Gasteiger partial charge on any atom is 0.123 e. The average Bonchev–Trinajstić information content (AvgIpc) is 3.04. The Morgan fingerprint density at radius 3 is 2.56 bits per heavy atom. The molecule has 0 bridgehead atoms.